The zero-order valence-corrected chi connectivity index (χ0v) is 4.78. The summed E-state index contributed by atoms with van der Waals surface area (Å²) in [6, 6.07) is 0. The average Bonchev–Trinajstić information content (AvgIpc) is 1.65. The Hall–Kier alpha value is -0.120. The quantitative estimate of drug-likeness (QED) is 0.443. The van der Waals surface area contributed by atoms with Crippen molar-refractivity contribution in [2.45, 2.75) is 19.1 Å². The normalized spacial score (nSPS) is 18.0. The maximum absolute atomic E-state index is 8.56. The summed E-state index contributed by atoms with van der Waals surface area (Å²) in [4.78, 5) is 0. The van der Waals surface area contributed by atoms with Gasteiger partial charge in [0.2, 0.25) is 0 Å². The van der Waals surface area contributed by atoms with E-state index in [4.69, 9.17) is 15.3 Å². The molecular weight excluding hydrogens is 108 g/mol. The van der Waals surface area contributed by atoms with E-state index in [1.54, 1.807) is 0 Å². The molecule has 1 radical (unpaired) electrons. The molecule has 0 fully saturated rings. The van der Waals surface area contributed by atoms with E-state index in [1.165, 1.54) is 13.3 Å². The van der Waals surface area contributed by atoms with Gasteiger partial charge in [-0.3, -0.25) is 0 Å². The van der Waals surface area contributed by atoms with Crippen LogP contribution in [0.25, 0.3) is 0 Å². The lowest BCUT2D eigenvalue weighted by Gasteiger charge is -2.06. The van der Waals surface area contributed by atoms with E-state index >= 15 is 0 Å². The minimum atomic E-state index is -0.894. The number of aliphatic hydroxyl groups is 3. The Morgan fingerprint density at radius 2 is 2.00 bits per heavy atom. The fourth-order valence-corrected chi connectivity index (χ4v) is 0.382. The van der Waals surface area contributed by atoms with Gasteiger partial charge >= 0.3 is 0 Å². The largest absolute Gasteiger partial charge is 0.394 e. The van der Waals surface area contributed by atoms with Crippen LogP contribution in [0.1, 0.15) is 6.92 Å². The first-order chi connectivity index (χ1) is 3.66. The maximum atomic E-state index is 8.56. The molecule has 0 aromatic rings. The minimum absolute atomic E-state index is 0.328. The summed E-state index contributed by atoms with van der Waals surface area (Å²) < 4.78 is 0. The van der Waals surface area contributed by atoms with E-state index in [0.29, 0.717) is 0 Å². The van der Waals surface area contributed by atoms with Gasteiger partial charge in [-0.25, -0.2) is 0 Å². The Kier molecular flexibility index (Phi) is 3.77. The second-order valence-corrected chi connectivity index (χ2v) is 1.68. The summed E-state index contributed by atoms with van der Waals surface area (Å²) in [5.74, 6) is 0. The second-order valence-electron chi connectivity index (χ2n) is 1.68. The Labute approximate surface area is 48.6 Å². The second kappa shape index (κ2) is 3.83. The van der Waals surface area contributed by atoms with Crippen molar-refractivity contribution in [3.63, 3.8) is 0 Å². The molecule has 3 heteroatoms. The van der Waals surface area contributed by atoms with Crippen LogP contribution >= 0.6 is 0 Å². The Balaban J connectivity index is 3.10. The highest BCUT2D eigenvalue weighted by Crippen LogP contribution is 1.92. The molecule has 49 valence electrons. The van der Waals surface area contributed by atoms with Gasteiger partial charge in [-0.1, -0.05) is 0 Å². The Bertz CT molecular complexity index is 53.6. The number of hydrogen-bond acceptors (Lipinski definition) is 3. The molecule has 8 heavy (non-hydrogen) atoms. The van der Waals surface area contributed by atoms with Crippen molar-refractivity contribution >= 4 is 0 Å². The molecule has 0 aliphatic rings. The highest BCUT2D eigenvalue weighted by molar-refractivity contribution is 4.79. The molecule has 0 rings (SSSR count). The van der Waals surface area contributed by atoms with Gasteiger partial charge in [0, 0.05) is 6.42 Å². The lowest BCUT2D eigenvalue weighted by atomic mass is 10.2. The number of aliphatic hydroxyl groups excluding tert-OH is 3. The summed E-state index contributed by atoms with van der Waals surface area (Å²) in [5, 5.41) is 25.3. The topological polar surface area (TPSA) is 60.7 Å². The molecular formula is C5H11O3. The molecule has 0 bridgehead atoms. The molecule has 3 nitrogen and oxygen atoms in total. The van der Waals surface area contributed by atoms with Gasteiger partial charge in [0.15, 0.2) is 0 Å². The van der Waals surface area contributed by atoms with Crippen molar-refractivity contribution in [2.75, 3.05) is 6.61 Å². The van der Waals surface area contributed by atoms with Crippen LogP contribution < -0.4 is 0 Å². The summed E-state index contributed by atoms with van der Waals surface area (Å²) in [6.45, 7) is 1.18. The molecule has 0 heterocycles. The van der Waals surface area contributed by atoms with Crippen LogP contribution in [0.5, 0.6) is 0 Å². The summed E-state index contributed by atoms with van der Waals surface area (Å²) in [5.41, 5.74) is 0. The van der Waals surface area contributed by atoms with Gasteiger partial charge in [0.25, 0.3) is 0 Å². The highest BCUT2D eigenvalue weighted by atomic mass is 16.3. The maximum Gasteiger partial charge on any atom is 0.0828 e. The molecule has 0 aliphatic heterocycles. The lowest BCUT2D eigenvalue weighted by molar-refractivity contribution is 0.0920. The van der Waals surface area contributed by atoms with Crippen LogP contribution in [0.15, 0.2) is 0 Å². The lowest BCUT2D eigenvalue weighted by Crippen LogP contribution is -2.19. The van der Waals surface area contributed by atoms with Gasteiger partial charge < -0.3 is 15.3 Å². The molecule has 2 unspecified atom stereocenters. The zero-order valence-electron chi connectivity index (χ0n) is 4.78. The van der Waals surface area contributed by atoms with E-state index < -0.39 is 12.2 Å². The van der Waals surface area contributed by atoms with E-state index in [2.05, 4.69) is 0 Å². The van der Waals surface area contributed by atoms with Crippen molar-refractivity contribution in [3.05, 3.63) is 6.42 Å². The summed E-state index contributed by atoms with van der Waals surface area (Å²) >= 11 is 0. The molecule has 0 aromatic carbocycles. The van der Waals surface area contributed by atoms with E-state index in [9.17, 15) is 0 Å². The van der Waals surface area contributed by atoms with Crippen LogP contribution in [0.2, 0.25) is 0 Å². The third-order valence-corrected chi connectivity index (χ3v) is 0.688. The van der Waals surface area contributed by atoms with Crippen LogP contribution in [-0.2, 0) is 0 Å². The van der Waals surface area contributed by atoms with Gasteiger partial charge in [0.05, 0.1) is 18.8 Å². The van der Waals surface area contributed by atoms with Gasteiger partial charge in [-0.15, -0.1) is 0 Å². The number of rotatable bonds is 3. The zero-order chi connectivity index (χ0) is 6.57. The van der Waals surface area contributed by atoms with Crippen LogP contribution in [0.4, 0.5) is 0 Å². The monoisotopic (exact) mass is 119 g/mol. The molecule has 0 saturated carbocycles. The smallest absolute Gasteiger partial charge is 0.0828 e. The molecule has 0 spiro atoms. The first kappa shape index (κ1) is 7.88. The van der Waals surface area contributed by atoms with Gasteiger partial charge in [0.1, 0.15) is 0 Å². The third kappa shape index (κ3) is 4.05. The fourth-order valence-electron chi connectivity index (χ4n) is 0.382. The summed E-state index contributed by atoms with van der Waals surface area (Å²) in [7, 11) is 0. The predicted molar refractivity (Wildman–Crippen MR) is 29.1 cm³/mol. The standard InChI is InChI=1S/C5H11O3/c1-4(7)2-5(8)3-6/h2,4-8H,3H2,1H3. The first-order valence-corrected chi connectivity index (χ1v) is 2.48. The molecule has 0 aromatic heterocycles. The van der Waals surface area contributed by atoms with Crippen LogP contribution in [-0.4, -0.2) is 34.1 Å². The molecule has 0 saturated heterocycles. The molecule has 2 atom stereocenters. The fraction of sp³-hybridized carbons (Fsp3) is 0.800. The van der Waals surface area contributed by atoms with Crippen LogP contribution in [0.3, 0.4) is 0 Å². The number of hydrogen-bond donors (Lipinski definition) is 3. The van der Waals surface area contributed by atoms with Crippen LogP contribution in [0, 0.1) is 6.42 Å². The van der Waals surface area contributed by atoms with Crippen molar-refractivity contribution < 1.29 is 15.3 Å². The average molecular weight is 119 g/mol. The third-order valence-electron chi connectivity index (χ3n) is 0.688. The highest BCUT2D eigenvalue weighted by Gasteiger charge is 2.04. The SMILES string of the molecule is CC(O)[CH]C(O)CO. The Morgan fingerprint density at radius 3 is 2.12 bits per heavy atom. The Morgan fingerprint density at radius 1 is 1.50 bits per heavy atom. The van der Waals surface area contributed by atoms with Gasteiger partial charge in [-0.05, 0) is 6.92 Å². The summed E-state index contributed by atoms with van der Waals surface area (Å²) in [6.07, 6.45) is -0.299. The predicted octanol–water partition coefficient (Wildman–Crippen LogP) is -1.08. The first-order valence-electron chi connectivity index (χ1n) is 2.48. The van der Waals surface area contributed by atoms with Crippen molar-refractivity contribution in [2.24, 2.45) is 0 Å². The van der Waals surface area contributed by atoms with Crippen molar-refractivity contribution in [1.82, 2.24) is 0 Å². The minimum Gasteiger partial charge on any atom is -0.394 e. The van der Waals surface area contributed by atoms with E-state index in [-0.39, 0.29) is 6.61 Å². The molecule has 0 amide bonds. The van der Waals surface area contributed by atoms with E-state index in [1.807, 2.05) is 0 Å². The molecule has 3 N–H and O–H groups in total. The van der Waals surface area contributed by atoms with E-state index in [0.717, 1.165) is 0 Å². The van der Waals surface area contributed by atoms with Crippen molar-refractivity contribution in [1.29, 1.82) is 0 Å². The van der Waals surface area contributed by atoms with Crippen molar-refractivity contribution in [3.8, 4) is 0 Å². The van der Waals surface area contributed by atoms with Gasteiger partial charge in [-0.2, -0.15) is 0 Å². The molecule has 0 aliphatic carbocycles.